The van der Waals surface area contributed by atoms with Crippen molar-refractivity contribution in [1.82, 2.24) is 24.5 Å². The van der Waals surface area contributed by atoms with Crippen LogP contribution in [0, 0.1) is 0 Å². The molecule has 4 aromatic heterocycles. The molecular formula is C52H31N5O2. The van der Waals surface area contributed by atoms with Gasteiger partial charge in [0.25, 0.3) is 0 Å². The monoisotopic (exact) mass is 757 g/mol. The Hall–Kier alpha value is -8.16. The van der Waals surface area contributed by atoms with Crippen LogP contribution in [0.2, 0.25) is 0 Å². The number of nitrogens with zero attached hydrogens (tertiary/aromatic N) is 5. The van der Waals surface area contributed by atoms with E-state index in [0.29, 0.717) is 28.9 Å². The molecule has 8 aromatic carbocycles. The third-order valence-electron chi connectivity index (χ3n) is 11.1. The lowest BCUT2D eigenvalue weighted by Gasteiger charge is -2.12. The van der Waals surface area contributed by atoms with Crippen LogP contribution in [0.4, 0.5) is 0 Å². The number of fused-ring (bicyclic) bond motifs is 7. The molecule has 0 aliphatic carbocycles. The second-order valence-electron chi connectivity index (χ2n) is 14.6. The molecule has 0 atom stereocenters. The van der Waals surface area contributed by atoms with Crippen LogP contribution in [0.25, 0.3) is 117 Å². The summed E-state index contributed by atoms with van der Waals surface area (Å²) in [6.07, 6.45) is 0. The summed E-state index contributed by atoms with van der Waals surface area (Å²) in [7, 11) is 0. The van der Waals surface area contributed by atoms with Gasteiger partial charge in [-0.2, -0.15) is 0 Å². The molecule has 7 heteroatoms. The highest BCUT2D eigenvalue weighted by atomic mass is 16.3. The van der Waals surface area contributed by atoms with Crippen molar-refractivity contribution in [2.75, 3.05) is 0 Å². The van der Waals surface area contributed by atoms with Crippen LogP contribution in [0.1, 0.15) is 0 Å². The van der Waals surface area contributed by atoms with Gasteiger partial charge in [-0.05, 0) is 84.4 Å². The summed E-state index contributed by atoms with van der Waals surface area (Å²) in [6, 6.07) is 64.0. The lowest BCUT2D eigenvalue weighted by atomic mass is 9.98. The maximum Gasteiger partial charge on any atom is 0.227 e. The van der Waals surface area contributed by atoms with E-state index in [1.807, 2.05) is 91.0 Å². The highest BCUT2D eigenvalue weighted by molar-refractivity contribution is 6.10. The summed E-state index contributed by atoms with van der Waals surface area (Å²) in [5.74, 6) is 2.24. The van der Waals surface area contributed by atoms with E-state index in [-0.39, 0.29) is 0 Å². The average Bonchev–Trinajstić information content (AvgIpc) is 4.01. The van der Waals surface area contributed by atoms with Crippen LogP contribution in [0.5, 0.6) is 0 Å². The molecular weight excluding hydrogens is 727 g/mol. The normalized spacial score (nSPS) is 11.7. The Morgan fingerprint density at radius 2 is 0.966 bits per heavy atom. The quantitative estimate of drug-likeness (QED) is 0.168. The highest BCUT2D eigenvalue weighted by Crippen LogP contribution is 2.40. The van der Waals surface area contributed by atoms with Gasteiger partial charge in [0.05, 0.1) is 11.0 Å². The minimum atomic E-state index is 0.546. The summed E-state index contributed by atoms with van der Waals surface area (Å²) in [5, 5.41) is 4.31. The molecule has 276 valence electrons. The van der Waals surface area contributed by atoms with Gasteiger partial charge in [0.1, 0.15) is 16.7 Å². The molecule has 4 heterocycles. The van der Waals surface area contributed by atoms with Gasteiger partial charge in [0.15, 0.2) is 23.1 Å². The van der Waals surface area contributed by atoms with Crippen LogP contribution in [0.15, 0.2) is 197 Å². The van der Waals surface area contributed by atoms with Crippen LogP contribution in [-0.2, 0) is 0 Å². The van der Waals surface area contributed by atoms with E-state index >= 15 is 0 Å². The van der Waals surface area contributed by atoms with Gasteiger partial charge in [-0.1, -0.05) is 109 Å². The maximum absolute atomic E-state index is 6.52. The first-order chi connectivity index (χ1) is 29.2. The van der Waals surface area contributed by atoms with Crippen LogP contribution in [0.3, 0.4) is 0 Å². The molecule has 12 rings (SSSR count). The number of rotatable bonds is 6. The zero-order chi connectivity index (χ0) is 38.9. The standard InChI is InChI=1S/C52H31N5O2/c1-3-14-32(15-4-1)52-53-43-23-13-22-39(48(43)59-52)36-18-7-8-21-40(36)51-55-49(54-50(56-51)34-27-29-47-42(31-34)38-20-10-12-25-46(38)58-47)33-26-28-45-41(30-33)37-19-9-11-24-44(37)57(45)35-16-5-2-6-17-35/h1-31H. The van der Waals surface area contributed by atoms with Crippen molar-refractivity contribution in [1.29, 1.82) is 0 Å². The lowest BCUT2D eigenvalue weighted by molar-refractivity contribution is 0.621. The van der Waals surface area contributed by atoms with Gasteiger partial charge >= 0.3 is 0 Å². The molecule has 7 nitrogen and oxygen atoms in total. The highest BCUT2D eigenvalue weighted by Gasteiger charge is 2.21. The van der Waals surface area contributed by atoms with Crippen LogP contribution in [-0.4, -0.2) is 24.5 Å². The number of furan rings is 1. The van der Waals surface area contributed by atoms with E-state index in [1.165, 1.54) is 0 Å². The van der Waals surface area contributed by atoms with Gasteiger partial charge in [0, 0.05) is 55.0 Å². The molecule has 0 saturated carbocycles. The molecule has 0 amide bonds. The molecule has 0 aliphatic rings. The molecule has 0 aliphatic heterocycles. The molecule has 0 saturated heterocycles. The summed E-state index contributed by atoms with van der Waals surface area (Å²) in [6.45, 7) is 0. The van der Waals surface area contributed by atoms with Gasteiger partial charge in [-0.15, -0.1) is 0 Å². The second kappa shape index (κ2) is 13.2. The van der Waals surface area contributed by atoms with Gasteiger partial charge in [0.2, 0.25) is 5.89 Å². The number of para-hydroxylation sites is 4. The Morgan fingerprint density at radius 1 is 0.356 bits per heavy atom. The van der Waals surface area contributed by atoms with E-state index < -0.39 is 0 Å². The summed E-state index contributed by atoms with van der Waals surface area (Å²) in [4.78, 5) is 20.6. The van der Waals surface area contributed by atoms with Crippen molar-refractivity contribution in [3.8, 4) is 62.4 Å². The molecule has 0 unspecified atom stereocenters. The van der Waals surface area contributed by atoms with Crippen molar-refractivity contribution >= 4 is 54.8 Å². The third kappa shape index (κ3) is 5.44. The van der Waals surface area contributed by atoms with E-state index in [4.69, 9.17) is 28.8 Å². The number of hydrogen-bond donors (Lipinski definition) is 0. The fourth-order valence-corrected chi connectivity index (χ4v) is 8.37. The molecule has 0 fully saturated rings. The number of benzene rings is 8. The largest absolute Gasteiger partial charge is 0.456 e. The Balaban J connectivity index is 1.08. The van der Waals surface area contributed by atoms with Gasteiger partial charge in [-0.3, -0.25) is 0 Å². The molecule has 0 radical (unpaired) electrons. The second-order valence-corrected chi connectivity index (χ2v) is 14.6. The zero-order valence-electron chi connectivity index (χ0n) is 31.5. The van der Waals surface area contributed by atoms with E-state index in [2.05, 4.69) is 102 Å². The van der Waals surface area contributed by atoms with Crippen LogP contribution >= 0.6 is 0 Å². The molecule has 0 spiro atoms. The number of oxazole rings is 1. The summed E-state index contributed by atoms with van der Waals surface area (Å²) < 4.78 is 15.0. The Kier molecular flexibility index (Phi) is 7.40. The summed E-state index contributed by atoms with van der Waals surface area (Å²) in [5.41, 5.74) is 11.8. The number of hydrogen-bond acceptors (Lipinski definition) is 6. The van der Waals surface area contributed by atoms with E-state index in [9.17, 15) is 0 Å². The zero-order valence-corrected chi connectivity index (χ0v) is 31.5. The predicted octanol–water partition coefficient (Wildman–Crippen LogP) is 13.3. The molecule has 0 N–H and O–H groups in total. The average molecular weight is 758 g/mol. The molecule has 0 bridgehead atoms. The Bertz CT molecular complexity index is 3570. The first kappa shape index (κ1) is 33.0. The number of aromatic nitrogens is 5. The van der Waals surface area contributed by atoms with Gasteiger partial charge in [-0.25, -0.2) is 19.9 Å². The molecule has 59 heavy (non-hydrogen) atoms. The van der Waals surface area contributed by atoms with Crippen LogP contribution < -0.4 is 0 Å². The SMILES string of the molecule is c1ccc(-c2nc3cccc(-c4ccccc4-c4nc(-c5ccc6oc7ccccc7c6c5)nc(-c5ccc6c(c5)c5ccccc5n6-c5ccccc5)n4)c3o2)cc1. The Morgan fingerprint density at radius 3 is 1.80 bits per heavy atom. The first-order valence-electron chi connectivity index (χ1n) is 19.5. The third-order valence-corrected chi connectivity index (χ3v) is 11.1. The first-order valence-corrected chi connectivity index (χ1v) is 19.5. The van der Waals surface area contributed by atoms with E-state index in [0.717, 1.165) is 88.3 Å². The molecule has 12 aromatic rings. The minimum Gasteiger partial charge on any atom is -0.456 e. The van der Waals surface area contributed by atoms with Crippen molar-refractivity contribution in [2.24, 2.45) is 0 Å². The predicted molar refractivity (Wildman–Crippen MR) is 236 cm³/mol. The fourth-order valence-electron chi connectivity index (χ4n) is 8.37. The van der Waals surface area contributed by atoms with Gasteiger partial charge < -0.3 is 13.4 Å². The minimum absolute atomic E-state index is 0.546. The van der Waals surface area contributed by atoms with Crippen molar-refractivity contribution in [2.45, 2.75) is 0 Å². The van der Waals surface area contributed by atoms with Crippen molar-refractivity contribution in [3.05, 3.63) is 188 Å². The fraction of sp³-hybridized carbons (Fsp3) is 0. The van der Waals surface area contributed by atoms with E-state index in [1.54, 1.807) is 0 Å². The lowest BCUT2D eigenvalue weighted by Crippen LogP contribution is -2.01. The Labute approximate surface area is 337 Å². The van der Waals surface area contributed by atoms with Crippen molar-refractivity contribution in [3.63, 3.8) is 0 Å². The summed E-state index contributed by atoms with van der Waals surface area (Å²) >= 11 is 0. The smallest absolute Gasteiger partial charge is 0.227 e. The maximum atomic E-state index is 6.52. The van der Waals surface area contributed by atoms with Crippen molar-refractivity contribution < 1.29 is 8.83 Å². The topological polar surface area (TPSA) is 82.8 Å².